The van der Waals surface area contributed by atoms with Gasteiger partial charge in [0.1, 0.15) is 12.5 Å². The maximum atomic E-state index is 11.6. The van der Waals surface area contributed by atoms with Crippen LogP contribution in [0.2, 0.25) is 0 Å². The summed E-state index contributed by atoms with van der Waals surface area (Å²) in [5, 5.41) is 0. The van der Waals surface area contributed by atoms with Crippen LogP contribution in [0.4, 0.5) is 0 Å². The maximum Gasteiger partial charge on any atom is 0.337 e. The van der Waals surface area contributed by atoms with E-state index < -0.39 is 5.97 Å². The SMILES string of the molecule is CCOCOCc1cc(OCOCC)cc(C(=O)OC)c1. The molecule has 1 aromatic carbocycles. The molecule has 1 aromatic rings. The van der Waals surface area contributed by atoms with Gasteiger partial charge in [-0.25, -0.2) is 4.79 Å². The molecule has 0 bridgehead atoms. The molecule has 0 aliphatic heterocycles. The molecular weight excluding hydrogens is 276 g/mol. The summed E-state index contributed by atoms with van der Waals surface area (Å²) in [5.74, 6) is 0.101. The van der Waals surface area contributed by atoms with Gasteiger partial charge in [0.05, 0.1) is 19.3 Å². The molecule has 0 fully saturated rings. The lowest BCUT2D eigenvalue weighted by molar-refractivity contribution is -0.0572. The molecule has 0 N–H and O–H groups in total. The predicted octanol–water partition coefficient (Wildman–Crippen LogP) is 2.36. The fourth-order valence-corrected chi connectivity index (χ4v) is 1.56. The van der Waals surface area contributed by atoms with Gasteiger partial charge in [-0.3, -0.25) is 0 Å². The molecule has 118 valence electrons. The highest BCUT2D eigenvalue weighted by Gasteiger charge is 2.10. The minimum Gasteiger partial charge on any atom is -0.468 e. The highest BCUT2D eigenvalue weighted by atomic mass is 16.7. The summed E-state index contributed by atoms with van der Waals surface area (Å²) in [7, 11) is 1.33. The molecule has 6 nitrogen and oxygen atoms in total. The van der Waals surface area contributed by atoms with E-state index in [2.05, 4.69) is 0 Å². The monoisotopic (exact) mass is 298 g/mol. The maximum absolute atomic E-state index is 11.6. The van der Waals surface area contributed by atoms with Crippen LogP contribution < -0.4 is 4.74 Å². The van der Waals surface area contributed by atoms with E-state index in [1.807, 2.05) is 13.8 Å². The number of hydrogen-bond acceptors (Lipinski definition) is 6. The average molecular weight is 298 g/mol. The van der Waals surface area contributed by atoms with E-state index in [1.54, 1.807) is 18.2 Å². The first-order chi connectivity index (χ1) is 10.2. The van der Waals surface area contributed by atoms with E-state index in [0.29, 0.717) is 31.1 Å². The molecule has 0 aliphatic rings. The standard InChI is InChI=1S/C15H22O6/c1-4-18-10-20-9-12-6-13(15(16)17-3)8-14(7-12)21-11-19-5-2/h6-8H,4-5,9-11H2,1-3H3. The van der Waals surface area contributed by atoms with E-state index in [-0.39, 0.29) is 13.6 Å². The fourth-order valence-electron chi connectivity index (χ4n) is 1.56. The number of benzene rings is 1. The first-order valence-electron chi connectivity index (χ1n) is 6.79. The molecule has 0 atom stereocenters. The second-order valence-corrected chi connectivity index (χ2v) is 4.07. The Bertz CT molecular complexity index is 432. The number of esters is 1. The van der Waals surface area contributed by atoms with Crippen LogP contribution in [0.5, 0.6) is 5.75 Å². The van der Waals surface area contributed by atoms with Crippen LogP contribution in [0, 0.1) is 0 Å². The Morgan fingerprint density at radius 2 is 1.71 bits per heavy atom. The molecule has 0 unspecified atom stereocenters. The van der Waals surface area contributed by atoms with Crippen LogP contribution in [-0.4, -0.2) is 39.9 Å². The molecule has 1 rings (SSSR count). The van der Waals surface area contributed by atoms with Gasteiger partial charge in [-0.2, -0.15) is 0 Å². The number of carbonyl (C=O) groups is 1. The lowest BCUT2D eigenvalue weighted by atomic mass is 10.1. The van der Waals surface area contributed by atoms with Gasteiger partial charge in [0.15, 0.2) is 6.79 Å². The van der Waals surface area contributed by atoms with Crippen LogP contribution >= 0.6 is 0 Å². The Morgan fingerprint density at radius 1 is 1.00 bits per heavy atom. The summed E-state index contributed by atoms with van der Waals surface area (Å²) < 4.78 is 25.7. The van der Waals surface area contributed by atoms with Gasteiger partial charge in [-0.1, -0.05) is 0 Å². The molecule has 0 radical (unpaired) electrons. The zero-order chi connectivity index (χ0) is 15.5. The van der Waals surface area contributed by atoms with Crippen molar-refractivity contribution in [3.8, 4) is 5.75 Å². The van der Waals surface area contributed by atoms with E-state index in [1.165, 1.54) is 7.11 Å². The number of carbonyl (C=O) groups excluding carboxylic acids is 1. The predicted molar refractivity (Wildman–Crippen MR) is 76.2 cm³/mol. The Labute approximate surface area is 124 Å². The molecule has 0 amide bonds. The lowest BCUT2D eigenvalue weighted by Gasteiger charge is -2.11. The van der Waals surface area contributed by atoms with Crippen molar-refractivity contribution in [3.05, 3.63) is 29.3 Å². The van der Waals surface area contributed by atoms with Gasteiger partial charge in [0.25, 0.3) is 0 Å². The molecule has 0 saturated carbocycles. The summed E-state index contributed by atoms with van der Waals surface area (Å²) in [6, 6.07) is 5.10. The minimum absolute atomic E-state index is 0.125. The second kappa shape index (κ2) is 10.1. The number of methoxy groups -OCH3 is 1. The largest absolute Gasteiger partial charge is 0.468 e. The van der Waals surface area contributed by atoms with Crippen molar-refractivity contribution < 1.29 is 28.5 Å². The molecular formula is C15H22O6. The number of ether oxygens (including phenoxy) is 5. The first-order valence-corrected chi connectivity index (χ1v) is 6.79. The van der Waals surface area contributed by atoms with Gasteiger partial charge in [-0.15, -0.1) is 0 Å². The summed E-state index contributed by atoms with van der Waals surface area (Å²) in [4.78, 5) is 11.6. The van der Waals surface area contributed by atoms with E-state index >= 15 is 0 Å². The van der Waals surface area contributed by atoms with Gasteiger partial charge in [0, 0.05) is 13.2 Å². The quantitative estimate of drug-likeness (QED) is 0.375. The Morgan fingerprint density at radius 3 is 2.38 bits per heavy atom. The summed E-state index contributed by atoms with van der Waals surface area (Å²) >= 11 is 0. The van der Waals surface area contributed by atoms with Gasteiger partial charge in [-0.05, 0) is 37.6 Å². The van der Waals surface area contributed by atoms with Crippen LogP contribution in [0.15, 0.2) is 18.2 Å². The van der Waals surface area contributed by atoms with Crippen LogP contribution in [-0.2, 0) is 25.6 Å². The second-order valence-electron chi connectivity index (χ2n) is 4.07. The Hall–Kier alpha value is -1.63. The van der Waals surface area contributed by atoms with Crippen molar-refractivity contribution in [2.75, 3.05) is 33.9 Å². The van der Waals surface area contributed by atoms with Gasteiger partial charge in [0.2, 0.25) is 0 Å². The molecule has 0 aliphatic carbocycles. The van der Waals surface area contributed by atoms with Crippen molar-refractivity contribution in [1.29, 1.82) is 0 Å². The van der Waals surface area contributed by atoms with Crippen LogP contribution in [0.25, 0.3) is 0 Å². The third kappa shape index (κ3) is 6.57. The zero-order valence-corrected chi connectivity index (χ0v) is 12.7. The van der Waals surface area contributed by atoms with E-state index in [9.17, 15) is 4.79 Å². The third-order valence-electron chi connectivity index (χ3n) is 2.54. The number of rotatable bonds is 10. The summed E-state index contributed by atoms with van der Waals surface area (Å²) in [5.41, 5.74) is 1.20. The molecule has 0 heterocycles. The normalized spacial score (nSPS) is 10.4. The van der Waals surface area contributed by atoms with Crippen molar-refractivity contribution in [2.24, 2.45) is 0 Å². The molecule has 6 heteroatoms. The van der Waals surface area contributed by atoms with E-state index in [0.717, 1.165) is 5.56 Å². The Balaban J connectivity index is 2.74. The first kappa shape index (κ1) is 17.4. The minimum atomic E-state index is -0.428. The molecule has 0 saturated heterocycles. The third-order valence-corrected chi connectivity index (χ3v) is 2.54. The van der Waals surface area contributed by atoms with Crippen LogP contribution in [0.3, 0.4) is 0 Å². The molecule has 21 heavy (non-hydrogen) atoms. The molecule has 0 aromatic heterocycles. The fraction of sp³-hybridized carbons (Fsp3) is 0.533. The highest BCUT2D eigenvalue weighted by molar-refractivity contribution is 5.90. The van der Waals surface area contributed by atoms with Crippen molar-refractivity contribution in [2.45, 2.75) is 20.5 Å². The zero-order valence-electron chi connectivity index (χ0n) is 12.7. The van der Waals surface area contributed by atoms with Gasteiger partial charge < -0.3 is 23.7 Å². The smallest absolute Gasteiger partial charge is 0.337 e. The summed E-state index contributed by atoms with van der Waals surface area (Å²) in [6.07, 6.45) is 0. The van der Waals surface area contributed by atoms with Crippen LogP contribution in [0.1, 0.15) is 29.8 Å². The van der Waals surface area contributed by atoms with E-state index in [4.69, 9.17) is 23.7 Å². The molecule has 0 spiro atoms. The van der Waals surface area contributed by atoms with Crippen molar-refractivity contribution in [1.82, 2.24) is 0 Å². The highest BCUT2D eigenvalue weighted by Crippen LogP contribution is 2.19. The topological polar surface area (TPSA) is 63.2 Å². The van der Waals surface area contributed by atoms with Crippen molar-refractivity contribution >= 4 is 5.97 Å². The van der Waals surface area contributed by atoms with Crippen molar-refractivity contribution in [3.63, 3.8) is 0 Å². The van der Waals surface area contributed by atoms with Gasteiger partial charge >= 0.3 is 5.97 Å². The number of hydrogen-bond donors (Lipinski definition) is 0. The summed E-state index contributed by atoms with van der Waals surface area (Å²) in [6.45, 7) is 5.55. The Kier molecular flexibility index (Phi) is 8.42. The average Bonchev–Trinajstić information content (AvgIpc) is 2.51. The lowest BCUT2D eigenvalue weighted by Crippen LogP contribution is -2.07.